The maximum atomic E-state index is 12.6. The van der Waals surface area contributed by atoms with Gasteiger partial charge in [-0.2, -0.15) is 0 Å². The number of carbonyl (C=O) groups excluding carboxylic acids is 2. The van der Waals surface area contributed by atoms with Gasteiger partial charge in [-0.15, -0.1) is 10.2 Å². The molecular weight excluding hydrogens is 450 g/mol. The van der Waals surface area contributed by atoms with Crippen LogP contribution >= 0.6 is 23.4 Å². The highest BCUT2D eigenvalue weighted by atomic mass is 35.5. The molecule has 1 atom stereocenters. The predicted molar refractivity (Wildman–Crippen MR) is 124 cm³/mol. The van der Waals surface area contributed by atoms with Crippen LogP contribution < -0.4 is 15.0 Å². The fourth-order valence-electron chi connectivity index (χ4n) is 3.53. The summed E-state index contributed by atoms with van der Waals surface area (Å²) in [7, 11) is 1.82. The molecule has 0 fully saturated rings. The second-order valence-electron chi connectivity index (χ2n) is 7.40. The van der Waals surface area contributed by atoms with Crippen LogP contribution in [0, 0.1) is 6.92 Å². The Balaban J connectivity index is 1.45. The maximum absolute atomic E-state index is 12.6. The molecule has 1 aliphatic heterocycles. The van der Waals surface area contributed by atoms with E-state index in [-0.39, 0.29) is 30.2 Å². The number of hydrogen-bond donors (Lipinski definition) is 1. The fraction of sp³-hybridized carbons (Fsp3) is 0.273. The lowest BCUT2D eigenvalue weighted by atomic mass is 10.1. The van der Waals surface area contributed by atoms with E-state index < -0.39 is 0 Å². The average molecular weight is 472 g/mol. The summed E-state index contributed by atoms with van der Waals surface area (Å²) < 4.78 is 7.33. The minimum atomic E-state index is -0.356. The van der Waals surface area contributed by atoms with Gasteiger partial charge in [0.25, 0.3) is 5.91 Å². The molecule has 10 heteroatoms. The Hall–Kier alpha value is -3.04. The van der Waals surface area contributed by atoms with Crippen molar-refractivity contribution in [2.75, 3.05) is 22.6 Å². The van der Waals surface area contributed by atoms with Crippen molar-refractivity contribution in [2.45, 2.75) is 25.0 Å². The summed E-state index contributed by atoms with van der Waals surface area (Å²) in [5.41, 5.74) is 2.28. The largest absolute Gasteiger partial charge is 0.482 e. The molecule has 0 radical (unpaired) electrons. The Bertz CT molecular complexity index is 1180. The minimum Gasteiger partial charge on any atom is -0.482 e. The second kappa shape index (κ2) is 9.22. The number of amides is 2. The van der Waals surface area contributed by atoms with Gasteiger partial charge in [-0.1, -0.05) is 35.5 Å². The van der Waals surface area contributed by atoms with Gasteiger partial charge in [-0.05, 0) is 49.7 Å². The molecule has 166 valence electrons. The first-order valence-electron chi connectivity index (χ1n) is 9.97. The zero-order valence-corrected chi connectivity index (χ0v) is 19.4. The number of fused-ring (bicyclic) bond motifs is 1. The number of aromatic nitrogens is 3. The third-order valence-corrected chi connectivity index (χ3v) is 6.59. The van der Waals surface area contributed by atoms with E-state index in [1.165, 1.54) is 11.8 Å². The van der Waals surface area contributed by atoms with Crippen molar-refractivity contribution in [3.63, 3.8) is 0 Å². The minimum absolute atomic E-state index is 0.0227. The van der Waals surface area contributed by atoms with E-state index in [1.807, 2.05) is 51.2 Å². The summed E-state index contributed by atoms with van der Waals surface area (Å²) in [6.45, 7) is 3.76. The fourth-order valence-corrected chi connectivity index (χ4v) is 4.36. The highest BCUT2D eigenvalue weighted by Crippen LogP contribution is 2.37. The smallest absolute Gasteiger partial charge is 0.265 e. The molecule has 3 aromatic rings. The topological polar surface area (TPSA) is 89.3 Å². The van der Waals surface area contributed by atoms with E-state index in [9.17, 15) is 9.59 Å². The molecule has 32 heavy (non-hydrogen) atoms. The Kier molecular flexibility index (Phi) is 6.38. The predicted octanol–water partition coefficient (Wildman–Crippen LogP) is 3.99. The van der Waals surface area contributed by atoms with Gasteiger partial charge in [0.05, 0.1) is 17.5 Å². The molecule has 0 spiro atoms. The lowest BCUT2D eigenvalue weighted by molar-refractivity contribution is -0.121. The number of halogens is 1. The van der Waals surface area contributed by atoms with Crippen molar-refractivity contribution in [2.24, 2.45) is 7.05 Å². The SMILES string of the molecule is Cc1cc(NC(=O)CSc2nnc([C@H](C)N3C(=O)COc4ccccc43)n2C)ccc1Cl. The molecule has 4 rings (SSSR count). The monoisotopic (exact) mass is 471 g/mol. The summed E-state index contributed by atoms with van der Waals surface area (Å²) in [5.74, 6) is 1.13. The number of benzene rings is 2. The van der Waals surface area contributed by atoms with Crippen molar-refractivity contribution in [3.05, 3.63) is 58.9 Å². The second-order valence-corrected chi connectivity index (χ2v) is 8.75. The Morgan fingerprint density at radius 1 is 1.28 bits per heavy atom. The summed E-state index contributed by atoms with van der Waals surface area (Å²) in [6, 6.07) is 12.4. The van der Waals surface area contributed by atoms with E-state index >= 15 is 0 Å². The molecule has 1 aromatic heterocycles. The molecule has 2 heterocycles. The molecule has 1 aliphatic rings. The van der Waals surface area contributed by atoms with Crippen molar-refractivity contribution in [1.82, 2.24) is 14.8 Å². The Morgan fingerprint density at radius 3 is 2.84 bits per heavy atom. The van der Waals surface area contributed by atoms with Gasteiger partial charge in [0.2, 0.25) is 5.91 Å². The van der Waals surface area contributed by atoms with E-state index in [1.54, 1.807) is 21.6 Å². The summed E-state index contributed by atoms with van der Waals surface area (Å²) >= 11 is 7.31. The van der Waals surface area contributed by atoms with Gasteiger partial charge in [0.1, 0.15) is 5.75 Å². The quantitative estimate of drug-likeness (QED) is 0.547. The van der Waals surface area contributed by atoms with Crippen LogP contribution in [0.25, 0.3) is 0 Å². The third kappa shape index (κ3) is 4.44. The first-order valence-corrected chi connectivity index (χ1v) is 11.3. The first kappa shape index (κ1) is 22.2. The molecule has 0 aliphatic carbocycles. The number of rotatable bonds is 6. The maximum Gasteiger partial charge on any atom is 0.265 e. The van der Waals surface area contributed by atoms with Crippen LogP contribution in [0.15, 0.2) is 47.6 Å². The normalized spacial score (nSPS) is 14.0. The number of thioether (sulfide) groups is 1. The van der Waals surface area contributed by atoms with Crippen molar-refractivity contribution in [1.29, 1.82) is 0 Å². The van der Waals surface area contributed by atoms with Gasteiger partial charge in [0, 0.05) is 17.8 Å². The van der Waals surface area contributed by atoms with E-state index in [0.29, 0.717) is 33.1 Å². The summed E-state index contributed by atoms with van der Waals surface area (Å²) in [4.78, 5) is 26.6. The summed E-state index contributed by atoms with van der Waals surface area (Å²) in [5, 5.41) is 12.6. The molecule has 0 bridgehead atoms. The number of anilines is 2. The highest BCUT2D eigenvalue weighted by Gasteiger charge is 2.32. The Morgan fingerprint density at radius 2 is 2.06 bits per heavy atom. The highest BCUT2D eigenvalue weighted by molar-refractivity contribution is 7.99. The van der Waals surface area contributed by atoms with E-state index in [4.69, 9.17) is 16.3 Å². The molecule has 0 saturated heterocycles. The van der Waals surface area contributed by atoms with Crippen molar-refractivity contribution >= 4 is 46.6 Å². The molecular formula is C22H22ClN5O3S. The third-order valence-electron chi connectivity index (χ3n) is 5.15. The number of aryl methyl sites for hydroxylation is 1. The number of carbonyl (C=O) groups is 2. The standard InChI is InChI=1S/C22H22ClN5O3S/c1-13-10-15(8-9-16(13)23)24-19(29)12-32-22-26-25-21(27(22)3)14(2)28-17-6-4-5-7-18(17)31-11-20(28)30/h4-10,14H,11-12H2,1-3H3,(H,24,29)/t14-/m0/s1. The summed E-state index contributed by atoms with van der Waals surface area (Å²) in [6.07, 6.45) is 0. The zero-order chi connectivity index (χ0) is 22.8. The van der Waals surface area contributed by atoms with Gasteiger partial charge >= 0.3 is 0 Å². The molecule has 1 N–H and O–H groups in total. The molecule has 0 unspecified atom stereocenters. The zero-order valence-electron chi connectivity index (χ0n) is 17.8. The van der Waals surface area contributed by atoms with Gasteiger partial charge in [-0.25, -0.2) is 0 Å². The average Bonchev–Trinajstić information content (AvgIpc) is 3.14. The molecule has 2 amide bonds. The lowest BCUT2D eigenvalue weighted by Gasteiger charge is -2.33. The van der Waals surface area contributed by atoms with Crippen LogP contribution in [0.3, 0.4) is 0 Å². The number of para-hydroxylation sites is 2. The number of nitrogens with zero attached hydrogens (tertiary/aromatic N) is 4. The number of hydrogen-bond acceptors (Lipinski definition) is 6. The van der Waals surface area contributed by atoms with Gasteiger partial charge in [-0.3, -0.25) is 14.5 Å². The number of nitrogens with one attached hydrogen (secondary N) is 1. The molecule has 0 saturated carbocycles. The van der Waals surface area contributed by atoms with Crippen LogP contribution in [0.4, 0.5) is 11.4 Å². The molecule has 2 aromatic carbocycles. The van der Waals surface area contributed by atoms with Gasteiger partial charge in [0.15, 0.2) is 17.6 Å². The van der Waals surface area contributed by atoms with E-state index in [2.05, 4.69) is 15.5 Å². The number of ether oxygens (including phenoxy) is 1. The van der Waals surface area contributed by atoms with Crippen molar-refractivity contribution < 1.29 is 14.3 Å². The molecule has 8 nitrogen and oxygen atoms in total. The van der Waals surface area contributed by atoms with Crippen LogP contribution in [-0.4, -0.2) is 38.9 Å². The first-order chi connectivity index (χ1) is 15.3. The van der Waals surface area contributed by atoms with Gasteiger partial charge < -0.3 is 14.6 Å². The van der Waals surface area contributed by atoms with E-state index in [0.717, 1.165) is 5.56 Å². The van der Waals surface area contributed by atoms with Crippen LogP contribution in [0.5, 0.6) is 5.75 Å². The van der Waals surface area contributed by atoms with Crippen LogP contribution in [-0.2, 0) is 16.6 Å². The van der Waals surface area contributed by atoms with Crippen LogP contribution in [0.1, 0.15) is 24.4 Å². The lowest BCUT2D eigenvalue weighted by Crippen LogP contribution is -2.41. The Labute approximate surface area is 194 Å². The van der Waals surface area contributed by atoms with Crippen LogP contribution in [0.2, 0.25) is 5.02 Å². The van der Waals surface area contributed by atoms with Crippen molar-refractivity contribution in [3.8, 4) is 5.75 Å².